The minimum Gasteiger partial charge on any atom is -0.330 e. The number of fused-ring (bicyclic) bond motifs is 1. The largest absolute Gasteiger partial charge is 0.350 e. The molecule has 0 bridgehead atoms. The molecule has 0 spiro atoms. The number of nitrogens with two attached hydrogens (primary N) is 1. The molecule has 2 aromatic rings. The lowest BCUT2D eigenvalue weighted by molar-refractivity contribution is 0.191. The maximum Gasteiger partial charge on any atom is 0.350 e. The summed E-state index contributed by atoms with van der Waals surface area (Å²) in [5.74, 6) is 0.591. The van der Waals surface area contributed by atoms with Gasteiger partial charge in [0.05, 0.1) is 6.54 Å². The summed E-state index contributed by atoms with van der Waals surface area (Å²) in [6, 6.07) is 6.13. The number of rotatable bonds is 5. The molecule has 6 heteroatoms. The summed E-state index contributed by atoms with van der Waals surface area (Å²) in [7, 11) is 2.12. The van der Waals surface area contributed by atoms with Gasteiger partial charge in [0.25, 0.3) is 0 Å². The second-order valence-corrected chi connectivity index (χ2v) is 5.91. The molecule has 0 amide bonds. The third-order valence-electron chi connectivity index (χ3n) is 4.64. The molecule has 1 fully saturated rings. The normalized spacial score (nSPS) is 22.4. The third kappa shape index (κ3) is 2.73. The highest BCUT2D eigenvalue weighted by Gasteiger charge is 2.29. The van der Waals surface area contributed by atoms with Gasteiger partial charge in [-0.3, -0.25) is 4.40 Å². The average Bonchev–Trinajstić information content (AvgIpc) is 3.10. The van der Waals surface area contributed by atoms with Crippen molar-refractivity contribution < 1.29 is 0 Å². The van der Waals surface area contributed by atoms with Crippen LogP contribution in [0.15, 0.2) is 29.2 Å². The topological polar surface area (TPSA) is 68.6 Å². The Balaban J connectivity index is 1.69. The Morgan fingerprint density at radius 3 is 3.05 bits per heavy atom. The van der Waals surface area contributed by atoms with E-state index in [-0.39, 0.29) is 5.69 Å². The van der Waals surface area contributed by atoms with Gasteiger partial charge >= 0.3 is 5.69 Å². The number of nitrogens with zero attached hydrogens (tertiary/aromatic N) is 4. The van der Waals surface area contributed by atoms with E-state index in [9.17, 15) is 4.79 Å². The van der Waals surface area contributed by atoms with Crippen molar-refractivity contribution in [1.82, 2.24) is 19.1 Å². The van der Waals surface area contributed by atoms with E-state index in [0.29, 0.717) is 24.2 Å². The second kappa shape index (κ2) is 5.99. The highest BCUT2D eigenvalue weighted by molar-refractivity contribution is 5.35. The minimum absolute atomic E-state index is 0.0687. The van der Waals surface area contributed by atoms with Crippen LogP contribution < -0.4 is 11.4 Å². The van der Waals surface area contributed by atoms with Gasteiger partial charge < -0.3 is 10.6 Å². The SMILES string of the molecule is CN(CCn1nc2ccccn2c1=O)C1CCCC1CN. The van der Waals surface area contributed by atoms with Crippen LogP contribution in [0.2, 0.25) is 0 Å². The zero-order chi connectivity index (χ0) is 14.8. The first-order valence-electron chi connectivity index (χ1n) is 7.65. The van der Waals surface area contributed by atoms with E-state index in [4.69, 9.17) is 5.73 Å². The molecule has 2 unspecified atom stereocenters. The van der Waals surface area contributed by atoms with E-state index in [1.54, 1.807) is 15.3 Å². The zero-order valence-corrected chi connectivity index (χ0v) is 12.5. The van der Waals surface area contributed by atoms with Gasteiger partial charge in [-0.15, -0.1) is 5.10 Å². The lowest BCUT2D eigenvalue weighted by Gasteiger charge is -2.28. The monoisotopic (exact) mass is 289 g/mol. The maximum absolute atomic E-state index is 12.2. The van der Waals surface area contributed by atoms with Crippen molar-refractivity contribution in [3.8, 4) is 0 Å². The number of pyridine rings is 1. The lowest BCUT2D eigenvalue weighted by atomic mass is 10.0. The molecule has 6 nitrogen and oxygen atoms in total. The van der Waals surface area contributed by atoms with Gasteiger partial charge in [0.1, 0.15) is 0 Å². The quantitative estimate of drug-likeness (QED) is 0.873. The fraction of sp³-hybridized carbons (Fsp3) is 0.600. The Morgan fingerprint density at radius 2 is 2.29 bits per heavy atom. The molecule has 1 aliphatic carbocycles. The van der Waals surface area contributed by atoms with Crippen molar-refractivity contribution in [3.63, 3.8) is 0 Å². The van der Waals surface area contributed by atoms with Crippen LogP contribution in [0.3, 0.4) is 0 Å². The Kier molecular flexibility index (Phi) is 4.07. The second-order valence-electron chi connectivity index (χ2n) is 5.91. The summed E-state index contributed by atoms with van der Waals surface area (Å²) in [5.41, 5.74) is 6.48. The first-order valence-corrected chi connectivity index (χ1v) is 7.65. The van der Waals surface area contributed by atoms with Gasteiger partial charge in [-0.1, -0.05) is 12.5 Å². The van der Waals surface area contributed by atoms with Crippen molar-refractivity contribution in [2.45, 2.75) is 31.8 Å². The van der Waals surface area contributed by atoms with Gasteiger partial charge in [0.2, 0.25) is 0 Å². The van der Waals surface area contributed by atoms with E-state index < -0.39 is 0 Å². The summed E-state index contributed by atoms with van der Waals surface area (Å²) < 4.78 is 3.14. The third-order valence-corrected chi connectivity index (χ3v) is 4.64. The number of hydrogen-bond donors (Lipinski definition) is 1. The Hall–Kier alpha value is -1.66. The van der Waals surface area contributed by atoms with Gasteiger partial charge in [0.15, 0.2) is 5.65 Å². The van der Waals surface area contributed by atoms with Crippen LogP contribution in [0.4, 0.5) is 0 Å². The molecule has 2 N–H and O–H groups in total. The molecule has 0 saturated heterocycles. The Bertz CT molecular complexity index is 661. The van der Waals surface area contributed by atoms with Crippen LogP contribution in [0, 0.1) is 5.92 Å². The number of hydrogen-bond acceptors (Lipinski definition) is 4. The lowest BCUT2D eigenvalue weighted by Crippen LogP contribution is -2.40. The van der Waals surface area contributed by atoms with Crippen LogP contribution in [0.25, 0.3) is 5.65 Å². The van der Waals surface area contributed by atoms with E-state index in [1.165, 1.54) is 19.3 Å². The maximum atomic E-state index is 12.2. The van der Waals surface area contributed by atoms with Crippen molar-refractivity contribution in [2.24, 2.45) is 11.7 Å². The molecule has 21 heavy (non-hydrogen) atoms. The molecule has 114 valence electrons. The Morgan fingerprint density at radius 1 is 1.43 bits per heavy atom. The van der Waals surface area contributed by atoms with E-state index in [0.717, 1.165) is 13.1 Å². The molecule has 2 aromatic heterocycles. The molecule has 1 aliphatic rings. The summed E-state index contributed by atoms with van der Waals surface area (Å²) in [5, 5.41) is 4.37. The molecule has 2 atom stereocenters. The standard InChI is InChI=1S/C15H23N5O/c1-18(13-6-4-5-12(13)11-16)9-10-20-15(21)19-8-3-2-7-14(19)17-20/h2-3,7-8,12-13H,4-6,9-11,16H2,1H3. The number of likely N-dealkylation sites (N-methyl/N-ethyl adjacent to an activating group) is 1. The number of aromatic nitrogens is 3. The van der Waals surface area contributed by atoms with Crippen LogP contribution >= 0.6 is 0 Å². The first kappa shape index (κ1) is 14.3. The van der Waals surface area contributed by atoms with Gasteiger partial charge in [-0.05, 0) is 44.5 Å². The predicted molar refractivity (Wildman–Crippen MR) is 82.3 cm³/mol. The van der Waals surface area contributed by atoms with Crippen molar-refractivity contribution >= 4 is 5.65 Å². The average molecular weight is 289 g/mol. The fourth-order valence-corrected chi connectivity index (χ4v) is 3.40. The molecule has 0 aliphatic heterocycles. The molecule has 3 rings (SSSR count). The fourth-order valence-electron chi connectivity index (χ4n) is 3.40. The predicted octanol–water partition coefficient (Wildman–Crippen LogP) is 0.555. The highest BCUT2D eigenvalue weighted by Crippen LogP contribution is 2.28. The molecule has 2 heterocycles. The summed E-state index contributed by atoms with van der Waals surface area (Å²) >= 11 is 0. The zero-order valence-electron chi connectivity index (χ0n) is 12.5. The summed E-state index contributed by atoms with van der Waals surface area (Å²) in [6.07, 6.45) is 5.44. The van der Waals surface area contributed by atoms with Gasteiger partial charge in [0, 0.05) is 18.8 Å². The molecule has 0 radical (unpaired) electrons. The molecule has 1 saturated carbocycles. The van der Waals surface area contributed by atoms with Gasteiger partial charge in [-0.2, -0.15) is 0 Å². The van der Waals surface area contributed by atoms with Crippen molar-refractivity contribution in [1.29, 1.82) is 0 Å². The van der Waals surface area contributed by atoms with Crippen LogP contribution in [-0.2, 0) is 6.54 Å². The van der Waals surface area contributed by atoms with Crippen LogP contribution in [0.5, 0.6) is 0 Å². The van der Waals surface area contributed by atoms with Gasteiger partial charge in [-0.25, -0.2) is 9.48 Å². The Labute approximate surface area is 124 Å². The first-order chi connectivity index (χ1) is 10.2. The molecule has 0 aromatic carbocycles. The van der Waals surface area contributed by atoms with E-state index in [2.05, 4.69) is 17.0 Å². The van der Waals surface area contributed by atoms with Crippen molar-refractivity contribution in [3.05, 3.63) is 34.9 Å². The smallest absolute Gasteiger partial charge is 0.330 e. The van der Waals surface area contributed by atoms with Crippen LogP contribution in [0.1, 0.15) is 19.3 Å². The van der Waals surface area contributed by atoms with E-state index >= 15 is 0 Å². The minimum atomic E-state index is -0.0687. The molecular formula is C15H23N5O. The summed E-state index contributed by atoms with van der Waals surface area (Å²) in [4.78, 5) is 14.5. The van der Waals surface area contributed by atoms with E-state index in [1.807, 2.05) is 18.2 Å². The van der Waals surface area contributed by atoms with Crippen LogP contribution in [-0.4, -0.2) is 45.3 Å². The molecular weight excluding hydrogens is 266 g/mol. The summed E-state index contributed by atoms with van der Waals surface area (Å²) in [6.45, 7) is 2.19. The van der Waals surface area contributed by atoms with Crippen molar-refractivity contribution in [2.75, 3.05) is 20.1 Å². The highest BCUT2D eigenvalue weighted by atomic mass is 16.2.